The number of nitrogens with zero attached hydrogens (tertiary/aromatic N) is 2. The SMILES string of the molecule is C=CCNc1cc(C(=O)Nc2ccc(OCc3ccc(Cl)cc3)cc2)ncn1. The number of amides is 1. The number of hydrogen-bond donors (Lipinski definition) is 2. The maximum absolute atomic E-state index is 12.4. The topological polar surface area (TPSA) is 76.1 Å². The number of ether oxygens (including phenoxy) is 1. The van der Waals surface area contributed by atoms with Crippen molar-refractivity contribution >= 4 is 29.0 Å². The quantitative estimate of drug-likeness (QED) is 0.548. The van der Waals surface area contributed by atoms with Crippen LogP contribution in [0.3, 0.4) is 0 Å². The van der Waals surface area contributed by atoms with Crippen LogP contribution >= 0.6 is 11.6 Å². The monoisotopic (exact) mass is 394 g/mol. The molecule has 28 heavy (non-hydrogen) atoms. The van der Waals surface area contributed by atoms with Crippen molar-refractivity contribution in [2.24, 2.45) is 0 Å². The fraction of sp³-hybridized carbons (Fsp3) is 0.0952. The van der Waals surface area contributed by atoms with Gasteiger partial charge in [0.05, 0.1) is 0 Å². The van der Waals surface area contributed by atoms with Gasteiger partial charge in [0, 0.05) is 23.3 Å². The standard InChI is InChI=1S/C21H19ClN4O2/c1-2-11-23-20-12-19(24-14-25-20)21(27)26-17-7-9-18(10-8-17)28-13-15-3-5-16(22)6-4-15/h2-10,12,14H,1,11,13H2,(H,26,27)(H,23,24,25). The van der Waals surface area contributed by atoms with Crippen molar-refractivity contribution < 1.29 is 9.53 Å². The summed E-state index contributed by atoms with van der Waals surface area (Å²) in [7, 11) is 0. The second kappa shape index (κ2) is 9.53. The number of nitrogens with one attached hydrogen (secondary N) is 2. The Morgan fingerprint density at radius 3 is 2.57 bits per heavy atom. The first-order valence-corrected chi connectivity index (χ1v) is 8.97. The average molecular weight is 395 g/mol. The van der Waals surface area contributed by atoms with Gasteiger partial charge < -0.3 is 15.4 Å². The molecule has 0 saturated carbocycles. The molecule has 142 valence electrons. The fourth-order valence-electron chi connectivity index (χ4n) is 2.33. The van der Waals surface area contributed by atoms with E-state index in [0.29, 0.717) is 35.4 Å². The van der Waals surface area contributed by atoms with E-state index in [1.54, 1.807) is 36.4 Å². The Hall–Kier alpha value is -3.38. The molecule has 0 atom stereocenters. The maximum Gasteiger partial charge on any atom is 0.274 e. The summed E-state index contributed by atoms with van der Waals surface area (Å²) in [5.41, 5.74) is 1.93. The minimum Gasteiger partial charge on any atom is -0.489 e. The van der Waals surface area contributed by atoms with E-state index in [1.165, 1.54) is 6.33 Å². The van der Waals surface area contributed by atoms with Crippen LogP contribution in [0, 0.1) is 0 Å². The predicted octanol–water partition coefficient (Wildman–Crippen LogP) is 4.56. The van der Waals surface area contributed by atoms with Gasteiger partial charge in [-0.1, -0.05) is 29.8 Å². The second-order valence-corrected chi connectivity index (χ2v) is 6.29. The number of halogens is 1. The zero-order valence-corrected chi connectivity index (χ0v) is 15.8. The van der Waals surface area contributed by atoms with Crippen molar-refractivity contribution in [3.63, 3.8) is 0 Å². The minimum absolute atomic E-state index is 0.268. The maximum atomic E-state index is 12.4. The van der Waals surface area contributed by atoms with Gasteiger partial charge in [0.1, 0.15) is 30.2 Å². The molecule has 6 nitrogen and oxygen atoms in total. The van der Waals surface area contributed by atoms with Gasteiger partial charge in [-0.05, 0) is 42.0 Å². The van der Waals surface area contributed by atoms with Gasteiger partial charge in [-0.2, -0.15) is 0 Å². The summed E-state index contributed by atoms with van der Waals surface area (Å²) in [6, 6.07) is 16.2. The Morgan fingerprint density at radius 2 is 1.86 bits per heavy atom. The fourth-order valence-corrected chi connectivity index (χ4v) is 2.46. The molecule has 3 rings (SSSR count). The highest BCUT2D eigenvalue weighted by Gasteiger charge is 2.09. The molecule has 1 amide bonds. The van der Waals surface area contributed by atoms with Crippen LogP contribution in [0.4, 0.5) is 11.5 Å². The largest absolute Gasteiger partial charge is 0.489 e. The number of anilines is 2. The molecule has 1 aromatic heterocycles. The molecular formula is C21H19ClN4O2. The number of carbonyl (C=O) groups is 1. The first-order valence-electron chi connectivity index (χ1n) is 8.59. The number of rotatable bonds is 8. The van der Waals surface area contributed by atoms with Crippen molar-refractivity contribution in [1.82, 2.24) is 9.97 Å². The lowest BCUT2D eigenvalue weighted by atomic mass is 10.2. The zero-order valence-electron chi connectivity index (χ0n) is 15.1. The van der Waals surface area contributed by atoms with Crippen molar-refractivity contribution in [2.75, 3.05) is 17.2 Å². The Bertz CT molecular complexity index is 943. The molecule has 0 fully saturated rings. The second-order valence-electron chi connectivity index (χ2n) is 5.85. The van der Waals surface area contributed by atoms with E-state index in [9.17, 15) is 4.79 Å². The smallest absolute Gasteiger partial charge is 0.274 e. The van der Waals surface area contributed by atoms with E-state index < -0.39 is 0 Å². The molecular weight excluding hydrogens is 376 g/mol. The molecule has 2 N–H and O–H groups in total. The molecule has 0 radical (unpaired) electrons. The zero-order chi connectivity index (χ0) is 19.8. The lowest BCUT2D eigenvalue weighted by Crippen LogP contribution is -2.14. The summed E-state index contributed by atoms with van der Waals surface area (Å²) < 4.78 is 5.74. The van der Waals surface area contributed by atoms with Gasteiger partial charge in [-0.3, -0.25) is 4.79 Å². The van der Waals surface area contributed by atoms with E-state index in [4.69, 9.17) is 16.3 Å². The summed E-state index contributed by atoms with van der Waals surface area (Å²) in [4.78, 5) is 20.4. The molecule has 0 aliphatic heterocycles. The van der Waals surface area contributed by atoms with E-state index in [2.05, 4.69) is 27.2 Å². The third-order valence-corrected chi connectivity index (χ3v) is 4.01. The summed E-state index contributed by atoms with van der Waals surface area (Å²) in [5.74, 6) is 0.941. The highest BCUT2D eigenvalue weighted by atomic mass is 35.5. The average Bonchev–Trinajstić information content (AvgIpc) is 2.73. The molecule has 1 heterocycles. The molecule has 0 saturated heterocycles. The van der Waals surface area contributed by atoms with E-state index in [0.717, 1.165) is 5.56 Å². The van der Waals surface area contributed by atoms with Gasteiger partial charge >= 0.3 is 0 Å². The molecule has 0 bridgehead atoms. The van der Waals surface area contributed by atoms with E-state index in [1.807, 2.05) is 24.3 Å². The molecule has 3 aromatic rings. The van der Waals surface area contributed by atoms with Crippen LogP contribution < -0.4 is 15.4 Å². The van der Waals surface area contributed by atoms with Crippen molar-refractivity contribution in [2.45, 2.75) is 6.61 Å². The van der Waals surface area contributed by atoms with Gasteiger partial charge in [0.25, 0.3) is 5.91 Å². The lowest BCUT2D eigenvalue weighted by Gasteiger charge is -2.09. The first kappa shape index (κ1) is 19.4. The Morgan fingerprint density at radius 1 is 1.11 bits per heavy atom. The Labute approximate surface area is 168 Å². The van der Waals surface area contributed by atoms with Crippen LogP contribution in [0.5, 0.6) is 5.75 Å². The highest BCUT2D eigenvalue weighted by Crippen LogP contribution is 2.18. The summed E-state index contributed by atoms with van der Waals surface area (Å²) in [5, 5.41) is 6.51. The predicted molar refractivity (Wildman–Crippen MR) is 111 cm³/mol. The van der Waals surface area contributed by atoms with Gasteiger partial charge in [-0.25, -0.2) is 9.97 Å². The molecule has 0 aliphatic rings. The van der Waals surface area contributed by atoms with Crippen LogP contribution in [0.25, 0.3) is 0 Å². The molecule has 0 unspecified atom stereocenters. The van der Waals surface area contributed by atoms with Gasteiger partial charge in [0.2, 0.25) is 0 Å². The number of hydrogen-bond acceptors (Lipinski definition) is 5. The van der Waals surface area contributed by atoms with Crippen LogP contribution in [0.15, 0.2) is 73.6 Å². The Balaban J connectivity index is 1.56. The number of aromatic nitrogens is 2. The third kappa shape index (κ3) is 5.56. The molecule has 0 spiro atoms. The van der Waals surface area contributed by atoms with E-state index in [-0.39, 0.29) is 11.6 Å². The van der Waals surface area contributed by atoms with Gasteiger partial charge in [0.15, 0.2) is 0 Å². The van der Waals surface area contributed by atoms with Crippen molar-refractivity contribution in [1.29, 1.82) is 0 Å². The van der Waals surface area contributed by atoms with Crippen molar-refractivity contribution in [3.8, 4) is 5.75 Å². The Kier molecular flexibility index (Phi) is 6.59. The van der Waals surface area contributed by atoms with Crippen LogP contribution in [-0.4, -0.2) is 22.4 Å². The van der Waals surface area contributed by atoms with Gasteiger partial charge in [-0.15, -0.1) is 6.58 Å². The van der Waals surface area contributed by atoms with Crippen LogP contribution in [0.2, 0.25) is 5.02 Å². The highest BCUT2D eigenvalue weighted by molar-refractivity contribution is 6.30. The molecule has 7 heteroatoms. The summed E-state index contributed by atoms with van der Waals surface area (Å²) in [6.45, 7) is 4.62. The number of carbonyl (C=O) groups excluding carboxylic acids is 1. The van der Waals surface area contributed by atoms with E-state index >= 15 is 0 Å². The normalized spacial score (nSPS) is 10.2. The van der Waals surface area contributed by atoms with Crippen molar-refractivity contribution in [3.05, 3.63) is 89.9 Å². The first-order chi connectivity index (χ1) is 13.6. The van der Waals surface area contributed by atoms with Crippen LogP contribution in [0.1, 0.15) is 16.1 Å². The summed E-state index contributed by atoms with van der Waals surface area (Å²) in [6.07, 6.45) is 3.05. The molecule has 2 aromatic carbocycles. The van der Waals surface area contributed by atoms with Crippen LogP contribution in [-0.2, 0) is 6.61 Å². The molecule has 0 aliphatic carbocycles. The third-order valence-electron chi connectivity index (χ3n) is 3.76. The minimum atomic E-state index is -0.320. The number of benzene rings is 2. The lowest BCUT2D eigenvalue weighted by molar-refractivity contribution is 0.102. The summed E-state index contributed by atoms with van der Waals surface area (Å²) >= 11 is 5.87.